The van der Waals surface area contributed by atoms with E-state index in [0.717, 1.165) is 0 Å². The molecule has 0 saturated carbocycles. The molecule has 0 heterocycles. The molecular weight excluding hydrogens is 546 g/mol. The van der Waals surface area contributed by atoms with Crippen LogP contribution in [0.1, 0.15) is 57.5 Å². The van der Waals surface area contributed by atoms with E-state index < -0.39 is 42.5 Å². The Kier molecular flexibility index (Phi) is 13.8. The summed E-state index contributed by atoms with van der Waals surface area (Å²) in [6, 6.07) is 12.2. The smallest absolute Gasteiger partial charge is 0.468 e. The number of ether oxygens (including phenoxy) is 6. The predicted octanol–water partition coefficient (Wildman–Crippen LogP) is 5.34. The molecule has 2 rings (SSSR count). The van der Waals surface area contributed by atoms with Crippen LogP contribution in [-0.4, -0.2) is 62.8 Å². The van der Waals surface area contributed by atoms with E-state index in [1.54, 1.807) is 50.2 Å². The van der Waals surface area contributed by atoms with Crippen molar-refractivity contribution in [3.05, 3.63) is 59.7 Å². The van der Waals surface area contributed by atoms with Crippen molar-refractivity contribution in [1.82, 2.24) is 5.32 Å². The van der Waals surface area contributed by atoms with Gasteiger partial charge in [-0.05, 0) is 61.9 Å². The molecule has 0 saturated heterocycles. The molecule has 2 aromatic rings. The van der Waals surface area contributed by atoms with Gasteiger partial charge in [-0.25, -0.2) is 14.4 Å². The third-order valence-corrected chi connectivity index (χ3v) is 6.50. The summed E-state index contributed by atoms with van der Waals surface area (Å²) in [6.45, 7) is 11.2. The average molecular weight is 588 g/mol. The Morgan fingerprint density at radius 1 is 0.762 bits per heavy atom. The molecule has 0 radical (unpaired) electrons. The second-order valence-electron chi connectivity index (χ2n) is 10.4. The number of carbonyl (C=O) groups is 4. The summed E-state index contributed by atoms with van der Waals surface area (Å²) in [5.41, 5.74) is 0.968. The van der Waals surface area contributed by atoms with Gasteiger partial charge in [0.25, 0.3) is 0 Å². The van der Waals surface area contributed by atoms with Crippen LogP contribution in [0, 0.1) is 11.8 Å². The lowest BCUT2D eigenvalue weighted by atomic mass is 10.1. The van der Waals surface area contributed by atoms with Crippen molar-refractivity contribution in [1.29, 1.82) is 0 Å². The minimum absolute atomic E-state index is 0.0130. The fourth-order valence-electron chi connectivity index (χ4n) is 3.30. The first kappa shape index (κ1) is 34.1. The number of esters is 2. The molecule has 2 aromatic carbocycles. The van der Waals surface area contributed by atoms with Crippen molar-refractivity contribution in [2.24, 2.45) is 11.8 Å². The Morgan fingerprint density at radius 3 is 1.88 bits per heavy atom. The fraction of sp³-hybridized carbons (Fsp3) is 0.484. The highest BCUT2D eigenvalue weighted by Gasteiger charge is 2.24. The Bertz CT molecular complexity index is 1180. The molecule has 0 aromatic heterocycles. The topological polar surface area (TPSA) is 136 Å². The van der Waals surface area contributed by atoms with Gasteiger partial charge in [-0.2, -0.15) is 0 Å². The molecule has 1 N–H and O–H groups in total. The summed E-state index contributed by atoms with van der Waals surface area (Å²) in [7, 11) is 1.26. The SMILES string of the molecule is COC(=O)[C@H](Cc1ccc(OC(=O)OC(C)C(C)C)c(OC(=O)OC(C)C(C)C)c1)NCCOC(=O)c1ccccc1. The van der Waals surface area contributed by atoms with Crippen molar-refractivity contribution >= 4 is 24.2 Å². The summed E-state index contributed by atoms with van der Waals surface area (Å²) in [4.78, 5) is 49.6. The van der Waals surface area contributed by atoms with Crippen molar-refractivity contribution in [3.63, 3.8) is 0 Å². The Labute approximate surface area is 246 Å². The zero-order valence-corrected chi connectivity index (χ0v) is 25.2. The van der Waals surface area contributed by atoms with E-state index in [1.165, 1.54) is 19.2 Å². The van der Waals surface area contributed by atoms with Crippen LogP contribution in [0.2, 0.25) is 0 Å². The highest BCUT2D eigenvalue weighted by Crippen LogP contribution is 2.30. The maximum atomic E-state index is 12.5. The molecule has 0 aliphatic heterocycles. The number of carbonyl (C=O) groups excluding carboxylic acids is 4. The van der Waals surface area contributed by atoms with Gasteiger partial charge in [0.05, 0.1) is 12.7 Å². The van der Waals surface area contributed by atoms with Crippen molar-refractivity contribution in [3.8, 4) is 11.5 Å². The van der Waals surface area contributed by atoms with Gasteiger partial charge < -0.3 is 33.7 Å². The number of benzene rings is 2. The van der Waals surface area contributed by atoms with Crippen LogP contribution in [0.4, 0.5) is 9.59 Å². The Balaban J connectivity index is 2.16. The van der Waals surface area contributed by atoms with Gasteiger partial charge in [0.2, 0.25) is 0 Å². The van der Waals surface area contributed by atoms with Crippen molar-refractivity contribution in [2.45, 2.75) is 66.2 Å². The zero-order chi connectivity index (χ0) is 31.2. The van der Waals surface area contributed by atoms with Crippen LogP contribution >= 0.6 is 0 Å². The fourth-order valence-corrected chi connectivity index (χ4v) is 3.30. The highest BCUT2D eigenvalue weighted by molar-refractivity contribution is 5.89. The number of hydrogen-bond acceptors (Lipinski definition) is 11. The van der Waals surface area contributed by atoms with E-state index in [1.807, 2.05) is 27.7 Å². The Hall–Kier alpha value is -4.12. The third kappa shape index (κ3) is 11.4. The largest absolute Gasteiger partial charge is 0.514 e. The average Bonchev–Trinajstić information content (AvgIpc) is 2.95. The van der Waals surface area contributed by atoms with Crippen molar-refractivity contribution in [2.75, 3.05) is 20.3 Å². The molecule has 0 aliphatic carbocycles. The number of nitrogens with one attached hydrogen (secondary N) is 1. The lowest BCUT2D eigenvalue weighted by Crippen LogP contribution is -2.41. The zero-order valence-electron chi connectivity index (χ0n) is 25.2. The minimum atomic E-state index is -0.981. The van der Waals surface area contributed by atoms with Crippen LogP contribution in [0.25, 0.3) is 0 Å². The van der Waals surface area contributed by atoms with E-state index in [2.05, 4.69) is 5.32 Å². The van der Waals surface area contributed by atoms with Gasteiger partial charge in [-0.3, -0.25) is 4.79 Å². The number of rotatable bonds is 14. The molecule has 0 fully saturated rings. The Morgan fingerprint density at radius 2 is 1.33 bits per heavy atom. The molecule has 11 nitrogen and oxygen atoms in total. The summed E-state index contributed by atoms with van der Waals surface area (Å²) < 4.78 is 31.5. The third-order valence-electron chi connectivity index (χ3n) is 6.50. The molecule has 11 heteroatoms. The first-order chi connectivity index (χ1) is 19.9. The van der Waals surface area contributed by atoms with Crippen LogP contribution in [-0.2, 0) is 30.2 Å². The van der Waals surface area contributed by atoms with E-state index in [4.69, 9.17) is 28.4 Å². The monoisotopic (exact) mass is 587 g/mol. The first-order valence-electron chi connectivity index (χ1n) is 13.8. The molecule has 230 valence electrons. The summed E-state index contributed by atoms with van der Waals surface area (Å²) in [6.07, 6.45) is -2.66. The van der Waals surface area contributed by atoms with Crippen molar-refractivity contribution < 1.29 is 47.6 Å². The van der Waals surface area contributed by atoms with E-state index in [9.17, 15) is 19.2 Å². The molecule has 2 unspecified atom stereocenters. The molecule has 0 spiro atoms. The van der Waals surface area contributed by atoms with Gasteiger partial charge in [-0.1, -0.05) is 52.0 Å². The molecular formula is C31H41NO10. The maximum Gasteiger partial charge on any atom is 0.514 e. The molecule has 0 bridgehead atoms. The lowest BCUT2D eigenvalue weighted by Gasteiger charge is -2.20. The molecule has 3 atom stereocenters. The van der Waals surface area contributed by atoms with Gasteiger partial charge in [0, 0.05) is 6.54 Å². The van der Waals surface area contributed by atoms with Gasteiger partial charge in [0.1, 0.15) is 24.9 Å². The van der Waals surface area contributed by atoms with Crippen LogP contribution in [0.3, 0.4) is 0 Å². The second-order valence-corrected chi connectivity index (χ2v) is 10.4. The van der Waals surface area contributed by atoms with Crippen LogP contribution in [0.15, 0.2) is 48.5 Å². The van der Waals surface area contributed by atoms with Crippen LogP contribution < -0.4 is 14.8 Å². The lowest BCUT2D eigenvalue weighted by molar-refractivity contribution is -0.143. The molecule has 42 heavy (non-hydrogen) atoms. The van der Waals surface area contributed by atoms with Gasteiger partial charge in [0.15, 0.2) is 11.5 Å². The normalized spacial score (nSPS) is 13.1. The molecule has 0 aliphatic rings. The summed E-state index contributed by atoms with van der Waals surface area (Å²) in [5.74, 6) is -1.08. The summed E-state index contributed by atoms with van der Waals surface area (Å²) >= 11 is 0. The van der Waals surface area contributed by atoms with E-state index >= 15 is 0 Å². The van der Waals surface area contributed by atoms with Gasteiger partial charge in [-0.15, -0.1) is 0 Å². The quantitative estimate of drug-likeness (QED) is 0.133. The molecule has 0 amide bonds. The first-order valence-corrected chi connectivity index (χ1v) is 13.8. The maximum absolute atomic E-state index is 12.5. The second kappa shape index (κ2) is 17.0. The minimum Gasteiger partial charge on any atom is -0.468 e. The number of hydrogen-bond donors (Lipinski definition) is 1. The van der Waals surface area contributed by atoms with Crippen LogP contribution in [0.5, 0.6) is 11.5 Å². The highest BCUT2D eigenvalue weighted by atomic mass is 16.8. The predicted molar refractivity (Wildman–Crippen MR) is 153 cm³/mol. The van der Waals surface area contributed by atoms with Gasteiger partial charge >= 0.3 is 24.2 Å². The van der Waals surface area contributed by atoms with E-state index in [0.29, 0.717) is 11.1 Å². The summed E-state index contributed by atoms with van der Waals surface area (Å²) in [5, 5.41) is 3.01. The number of methoxy groups -OCH3 is 1. The van der Waals surface area contributed by atoms with E-state index in [-0.39, 0.29) is 42.9 Å². The standard InChI is InChI=1S/C31H41NO10/c1-19(2)21(5)39-30(35)41-26-14-13-23(18-27(26)42-31(36)40-22(6)20(3)4)17-25(29(34)37-7)32-15-16-38-28(33)24-11-9-8-10-12-24/h8-14,18-22,25,32H,15-17H2,1-7H3/t21?,22?,25-/m0/s1.